The van der Waals surface area contributed by atoms with Crippen LogP contribution in [0.3, 0.4) is 0 Å². The molecule has 24 heavy (non-hydrogen) atoms. The van der Waals surface area contributed by atoms with Crippen molar-refractivity contribution in [1.82, 2.24) is 10.2 Å². The van der Waals surface area contributed by atoms with Gasteiger partial charge in [0.1, 0.15) is 0 Å². The maximum Gasteiger partial charge on any atom is 0.200 e. The smallest absolute Gasteiger partial charge is 0.200 e. The molecule has 0 unspecified atom stereocenters. The largest absolute Gasteiger partial charge is 0.396 e. The molecular weight excluding hydrogens is 355 g/mol. The summed E-state index contributed by atoms with van der Waals surface area (Å²) in [6.07, 6.45) is 0. The van der Waals surface area contributed by atoms with Gasteiger partial charge in [-0.25, -0.2) is 22.0 Å². The van der Waals surface area contributed by atoms with E-state index in [0.29, 0.717) is 26.2 Å². The Hall–Kier alpha value is -0.960. The lowest BCUT2D eigenvalue weighted by Crippen LogP contribution is -2.50. The molecule has 0 spiro atoms. The molecule has 1 aliphatic heterocycles. The molecule has 1 saturated heterocycles. The van der Waals surface area contributed by atoms with Gasteiger partial charge >= 0.3 is 0 Å². The van der Waals surface area contributed by atoms with Crippen LogP contribution in [0.15, 0.2) is 0 Å². The third kappa shape index (κ3) is 3.66. The number of piperazine rings is 1. The third-order valence-corrected chi connectivity index (χ3v) is 4.18. The van der Waals surface area contributed by atoms with Crippen LogP contribution in [0.1, 0.15) is 25.5 Å². The summed E-state index contributed by atoms with van der Waals surface area (Å²) in [7, 11) is 0. The number of rotatable bonds is 4. The minimum atomic E-state index is -2.18. The molecule has 1 aliphatic rings. The quantitative estimate of drug-likeness (QED) is 0.483. The van der Waals surface area contributed by atoms with Gasteiger partial charge in [0, 0.05) is 49.8 Å². The van der Waals surface area contributed by atoms with E-state index in [9.17, 15) is 27.1 Å². The Morgan fingerprint density at radius 3 is 1.79 bits per heavy atom. The first-order valence-electron chi connectivity index (χ1n) is 7.29. The van der Waals surface area contributed by atoms with E-state index in [0.717, 1.165) is 0 Å². The molecule has 0 aromatic heterocycles. The highest BCUT2D eigenvalue weighted by atomic mass is 35.5. The highest BCUT2D eigenvalue weighted by Gasteiger charge is 2.41. The maximum atomic E-state index is 14.2. The van der Waals surface area contributed by atoms with Gasteiger partial charge in [0.2, 0.25) is 5.82 Å². The Morgan fingerprint density at radius 2 is 1.38 bits per heavy atom. The van der Waals surface area contributed by atoms with Crippen LogP contribution >= 0.6 is 12.4 Å². The van der Waals surface area contributed by atoms with Gasteiger partial charge in [0.15, 0.2) is 23.3 Å². The molecule has 1 atom stereocenters. The van der Waals surface area contributed by atoms with E-state index >= 15 is 0 Å². The lowest BCUT2D eigenvalue weighted by atomic mass is 9.79. The molecule has 0 radical (unpaired) electrons. The minimum absolute atomic E-state index is 0. The molecule has 2 rings (SSSR count). The molecule has 0 saturated carbocycles. The van der Waals surface area contributed by atoms with Crippen molar-refractivity contribution in [3.8, 4) is 0 Å². The number of nitrogens with zero attached hydrogens (tertiary/aromatic N) is 1. The lowest BCUT2D eigenvalue weighted by molar-refractivity contribution is 0.0255. The van der Waals surface area contributed by atoms with Crippen LogP contribution in [0.4, 0.5) is 22.0 Å². The monoisotopic (exact) mass is 374 g/mol. The zero-order valence-electron chi connectivity index (χ0n) is 13.3. The summed E-state index contributed by atoms with van der Waals surface area (Å²) in [5.74, 6) is -9.79. The summed E-state index contributed by atoms with van der Waals surface area (Å²) in [4.78, 5) is 1.63. The molecule has 138 valence electrons. The van der Waals surface area contributed by atoms with E-state index < -0.39 is 52.7 Å². The number of nitrogens with one attached hydrogen (secondary N) is 1. The Balaban J connectivity index is 0.00000288. The first kappa shape index (κ1) is 21.1. The molecule has 0 amide bonds. The third-order valence-electron chi connectivity index (χ3n) is 4.18. The normalized spacial score (nSPS) is 17.5. The average molecular weight is 375 g/mol. The molecule has 1 aromatic rings. The second-order valence-corrected chi connectivity index (χ2v) is 6.32. The standard InChI is InChI=1S/C15H19F5N2O.ClH/c1-15(2,7-23)14(22-5-3-21-4-6-22)8-9(16)11(18)13(20)12(19)10(8)17;/h14,21,23H,3-7H2,1-2H3;1H/t14-;/m1./s1. The van der Waals surface area contributed by atoms with Gasteiger partial charge in [0.05, 0.1) is 0 Å². The van der Waals surface area contributed by atoms with Crippen LogP contribution in [-0.2, 0) is 0 Å². The molecule has 1 heterocycles. The Morgan fingerprint density at radius 1 is 0.958 bits per heavy atom. The SMILES string of the molecule is CC(C)(CO)[C@@H](c1c(F)c(F)c(F)c(F)c1F)N1CCNCC1.Cl. The van der Waals surface area contributed by atoms with Crippen LogP contribution in [-0.4, -0.2) is 42.8 Å². The number of hydrogen-bond acceptors (Lipinski definition) is 3. The Kier molecular flexibility index (Phi) is 6.98. The highest BCUT2D eigenvalue weighted by Crippen LogP contribution is 2.42. The van der Waals surface area contributed by atoms with Crippen LogP contribution in [0.25, 0.3) is 0 Å². The second kappa shape index (κ2) is 7.95. The maximum absolute atomic E-state index is 14.2. The van der Waals surface area contributed by atoms with Crippen LogP contribution in [0.5, 0.6) is 0 Å². The van der Waals surface area contributed by atoms with Crippen molar-refractivity contribution in [2.75, 3.05) is 32.8 Å². The molecule has 1 aromatic carbocycles. The second-order valence-electron chi connectivity index (χ2n) is 6.32. The molecule has 3 nitrogen and oxygen atoms in total. The van der Waals surface area contributed by atoms with Gasteiger partial charge in [-0.1, -0.05) is 13.8 Å². The van der Waals surface area contributed by atoms with Gasteiger partial charge in [-0.3, -0.25) is 4.90 Å². The first-order chi connectivity index (χ1) is 10.7. The number of benzene rings is 1. The summed E-state index contributed by atoms with van der Waals surface area (Å²) in [6, 6.07) is -1.14. The molecule has 9 heteroatoms. The molecular formula is C15H20ClF5N2O. The van der Waals surface area contributed by atoms with Crippen LogP contribution < -0.4 is 5.32 Å². The fraction of sp³-hybridized carbons (Fsp3) is 0.600. The van der Waals surface area contributed by atoms with E-state index in [1.165, 1.54) is 13.8 Å². The Labute approximate surface area is 143 Å². The topological polar surface area (TPSA) is 35.5 Å². The Bertz CT molecular complexity index is 565. The van der Waals surface area contributed by atoms with Crippen molar-refractivity contribution in [2.45, 2.75) is 19.9 Å². The summed E-state index contributed by atoms with van der Waals surface area (Å²) in [5.41, 5.74) is -1.99. The predicted octanol–water partition coefficient (Wildman–Crippen LogP) is 2.77. The molecule has 0 bridgehead atoms. The predicted molar refractivity (Wildman–Crippen MR) is 81.5 cm³/mol. The fourth-order valence-corrected chi connectivity index (χ4v) is 2.96. The summed E-state index contributed by atoms with van der Waals surface area (Å²) >= 11 is 0. The zero-order chi connectivity index (χ0) is 17.4. The van der Waals surface area contributed by atoms with Gasteiger partial charge in [-0.15, -0.1) is 12.4 Å². The van der Waals surface area contributed by atoms with Gasteiger partial charge in [-0.2, -0.15) is 0 Å². The minimum Gasteiger partial charge on any atom is -0.396 e. The first-order valence-corrected chi connectivity index (χ1v) is 7.29. The van der Waals surface area contributed by atoms with Crippen molar-refractivity contribution in [3.63, 3.8) is 0 Å². The summed E-state index contributed by atoms with van der Waals surface area (Å²) in [5, 5.41) is 12.6. The zero-order valence-corrected chi connectivity index (χ0v) is 14.1. The fourth-order valence-electron chi connectivity index (χ4n) is 2.96. The van der Waals surface area contributed by atoms with Crippen molar-refractivity contribution in [3.05, 3.63) is 34.6 Å². The van der Waals surface area contributed by atoms with Crippen molar-refractivity contribution in [1.29, 1.82) is 0 Å². The molecule has 0 aliphatic carbocycles. The van der Waals surface area contributed by atoms with E-state index in [4.69, 9.17) is 0 Å². The van der Waals surface area contributed by atoms with Gasteiger partial charge in [-0.05, 0) is 0 Å². The van der Waals surface area contributed by atoms with Crippen LogP contribution in [0.2, 0.25) is 0 Å². The van der Waals surface area contributed by atoms with Crippen LogP contribution in [0, 0.1) is 34.5 Å². The van der Waals surface area contributed by atoms with Crippen molar-refractivity contribution < 1.29 is 27.1 Å². The summed E-state index contributed by atoms with van der Waals surface area (Å²) < 4.78 is 68.9. The number of aliphatic hydroxyl groups is 1. The van der Waals surface area contributed by atoms with E-state index in [-0.39, 0.29) is 12.4 Å². The van der Waals surface area contributed by atoms with Crippen molar-refractivity contribution >= 4 is 12.4 Å². The number of aliphatic hydroxyl groups excluding tert-OH is 1. The highest BCUT2D eigenvalue weighted by molar-refractivity contribution is 5.85. The number of halogens is 6. The summed E-state index contributed by atoms with van der Waals surface area (Å²) in [6.45, 7) is 4.36. The molecule has 1 fully saturated rings. The van der Waals surface area contributed by atoms with Gasteiger partial charge < -0.3 is 10.4 Å². The van der Waals surface area contributed by atoms with Crippen molar-refractivity contribution in [2.24, 2.45) is 5.41 Å². The lowest BCUT2D eigenvalue weighted by Gasteiger charge is -2.43. The van der Waals surface area contributed by atoms with Gasteiger partial charge in [0.25, 0.3) is 0 Å². The van der Waals surface area contributed by atoms with E-state index in [2.05, 4.69) is 5.32 Å². The average Bonchev–Trinajstić information content (AvgIpc) is 2.55. The van der Waals surface area contributed by atoms with E-state index in [1.807, 2.05) is 0 Å². The van der Waals surface area contributed by atoms with E-state index in [1.54, 1.807) is 4.90 Å². The number of hydrogen-bond donors (Lipinski definition) is 2. The molecule has 2 N–H and O–H groups in total.